The molecule has 0 aliphatic heterocycles. The molecule has 5 nitrogen and oxygen atoms in total. The molecular weight excluding hydrogens is 340 g/mol. The normalized spacial score (nSPS) is 10.6. The van der Waals surface area contributed by atoms with E-state index in [0.29, 0.717) is 25.3 Å². The second kappa shape index (κ2) is 11.2. The van der Waals surface area contributed by atoms with Crippen molar-refractivity contribution in [3.63, 3.8) is 0 Å². The lowest BCUT2D eigenvalue weighted by atomic mass is 10.1. The first-order chi connectivity index (χ1) is 13.2. The van der Waals surface area contributed by atoms with Crippen LogP contribution in [0.2, 0.25) is 0 Å². The fraction of sp³-hybridized carbons (Fsp3) is 0.455. The predicted molar refractivity (Wildman–Crippen MR) is 107 cm³/mol. The summed E-state index contributed by atoms with van der Waals surface area (Å²) in [6.45, 7) is 5.37. The zero-order valence-electron chi connectivity index (χ0n) is 16.4. The van der Waals surface area contributed by atoms with E-state index < -0.39 is 0 Å². The number of amides is 1. The number of ether oxygens (including phenoxy) is 1. The summed E-state index contributed by atoms with van der Waals surface area (Å²) in [6.07, 6.45) is 8.51. The molecule has 1 aromatic carbocycles. The Morgan fingerprint density at radius 1 is 0.963 bits per heavy atom. The summed E-state index contributed by atoms with van der Waals surface area (Å²) < 4.78 is 7.00. The summed E-state index contributed by atoms with van der Waals surface area (Å²) in [7, 11) is 0. The number of esters is 1. The number of carbonyl (C=O) groups is 2. The molecule has 0 aliphatic rings. The van der Waals surface area contributed by atoms with Gasteiger partial charge in [0.05, 0.1) is 13.0 Å². The highest BCUT2D eigenvalue weighted by molar-refractivity contribution is 5.94. The quantitative estimate of drug-likeness (QED) is 0.434. The Morgan fingerprint density at radius 2 is 1.67 bits per heavy atom. The van der Waals surface area contributed by atoms with Gasteiger partial charge in [-0.2, -0.15) is 0 Å². The third-order valence-corrected chi connectivity index (χ3v) is 4.48. The Balaban J connectivity index is 2.02. The van der Waals surface area contributed by atoms with Crippen LogP contribution >= 0.6 is 0 Å². The van der Waals surface area contributed by atoms with Crippen molar-refractivity contribution < 1.29 is 14.3 Å². The van der Waals surface area contributed by atoms with Crippen LogP contribution in [0.5, 0.6) is 0 Å². The average Bonchev–Trinajstić information content (AvgIpc) is 3.22. The molecule has 1 amide bonds. The van der Waals surface area contributed by atoms with Crippen molar-refractivity contribution in [2.75, 3.05) is 19.7 Å². The molecule has 0 N–H and O–H groups in total. The van der Waals surface area contributed by atoms with Gasteiger partial charge in [-0.1, -0.05) is 26.2 Å². The van der Waals surface area contributed by atoms with Gasteiger partial charge in [0, 0.05) is 36.7 Å². The Bertz CT molecular complexity index is 693. The van der Waals surface area contributed by atoms with Gasteiger partial charge in [-0.15, -0.1) is 0 Å². The van der Waals surface area contributed by atoms with Crippen LogP contribution in [0.4, 0.5) is 0 Å². The number of unbranched alkanes of at least 4 members (excludes halogenated alkanes) is 3. The summed E-state index contributed by atoms with van der Waals surface area (Å²) >= 11 is 0. The molecular formula is C22H30N2O3. The number of rotatable bonds is 11. The van der Waals surface area contributed by atoms with Crippen LogP contribution in [-0.2, 0) is 9.53 Å². The van der Waals surface area contributed by atoms with E-state index in [-0.39, 0.29) is 18.3 Å². The minimum absolute atomic E-state index is 0.0325. The number of benzene rings is 1. The van der Waals surface area contributed by atoms with E-state index >= 15 is 0 Å². The second-order valence-electron chi connectivity index (χ2n) is 6.55. The molecule has 0 spiro atoms. The number of hydrogen-bond acceptors (Lipinski definition) is 3. The highest BCUT2D eigenvalue weighted by Gasteiger charge is 2.17. The molecule has 0 aliphatic carbocycles. The maximum absolute atomic E-state index is 12.9. The third-order valence-electron chi connectivity index (χ3n) is 4.48. The van der Waals surface area contributed by atoms with Crippen molar-refractivity contribution in [3.05, 3.63) is 54.4 Å². The van der Waals surface area contributed by atoms with Crippen LogP contribution in [0.3, 0.4) is 0 Å². The van der Waals surface area contributed by atoms with Crippen LogP contribution in [0.15, 0.2) is 48.8 Å². The molecule has 0 atom stereocenters. The van der Waals surface area contributed by atoms with Crippen molar-refractivity contribution in [2.24, 2.45) is 0 Å². The highest BCUT2D eigenvalue weighted by atomic mass is 16.5. The van der Waals surface area contributed by atoms with Gasteiger partial charge in [0.15, 0.2) is 0 Å². The van der Waals surface area contributed by atoms with Gasteiger partial charge in [-0.3, -0.25) is 9.59 Å². The molecule has 146 valence electrons. The molecule has 27 heavy (non-hydrogen) atoms. The van der Waals surface area contributed by atoms with Crippen LogP contribution in [-0.4, -0.2) is 41.0 Å². The average molecular weight is 370 g/mol. The lowest BCUT2D eigenvalue weighted by molar-refractivity contribution is -0.143. The summed E-state index contributed by atoms with van der Waals surface area (Å²) in [6, 6.07) is 11.5. The number of aromatic nitrogens is 1. The van der Waals surface area contributed by atoms with E-state index in [2.05, 4.69) is 6.92 Å². The van der Waals surface area contributed by atoms with E-state index in [4.69, 9.17) is 4.74 Å². The standard InChI is InChI=1S/C22H30N2O3/c1-3-5-6-7-17-24(18-14-21(25)27-4-2)22(26)19-10-12-20(13-11-19)23-15-8-9-16-23/h8-13,15-16H,3-7,14,17-18H2,1-2H3. The minimum atomic E-state index is -0.258. The maximum atomic E-state index is 12.9. The molecule has 0 unspecified atom stereocenters. The molecule has 0 saturated carbocycles. The van der Waals surface area contributed by atoms with E-state index in [0.717, 1.165) is 31.4 Å². The predicted octanol–water partition coefficient (Wildman–Crippen LogP) is 4.45. The SMILES string of the molecule is CCCCCCN(CCC(=O)OCC)C(=O)c1ccc(-n2cccc2)cc1. The van der Waals surface area contributed by atoms with Gasteiger partial charge in [-0.25, -0.2) is 0 Å². The topological polar surface area (TPSA) is 51.5 Å². The zero-order valence-corrected chi connectivity index (χ0v) is 16.4. The molecule has 1 aromatic heterocycles. The first-order valence-electron chi connectivity index (χ1n) is 9.84. The Labute approximate surface area is 161 Å². The van der Waals surface area contributed by atoms with Crippen molar-refractivity contribution in [1.82, 2.24) is 9.47 Å². The molecule has 2 aromatic rings. The number of carbonyl (C=O) groups excluding carboxylic acids is 2. The first kappa shape index (κ1) is 20.7. The van der Waals surface area contributed by atoms with Crippen LogP contribution in [0.1, 0.15) is 56.3 Å². The highest BCUT2D eigenvalue weighted by Crippen LogP contribution is 2.13. The molecule has 5 heteroatoms. The molecule has 0 saturated heterocycles. The Kier molecular flexibility index (Phi) is 8.62. The maximum Gasteiger partial charge on any atom is 0.307 e. The van der Waals surface area contributed by atoms with Crippen LogP contribution < -0.4 is 0 Å². The van der Waals surface area contributed by atoms with Crippen molar-refractivity contribution >= 4 is 11.9 Å². The van der Waals surface area contributed by atoms with Gasteiger partial charge in [0.2, 0.25) is 0 Å². The van der Waals surface area contributed by atoms with E-state index in [9.17, 15) is 9.59 Å². The smallest absolute Gasteiger partial charge is 0.307 e. The molecule has 0 bridgehead atoms. The van der Waals surface area contributed by atoms with Gasteiger partial charge >= 0.3 is 5.97 Å². The summed E-state index contributed by atoms with van der Waals surface area (Å²) in [5.74, 6) is -0.290. The van der Waals surface area contributed by atoms with E-state index in [1.807, 2.05) is 53.4 Å². The molecule has 2 rings (SSSR count). The van der Waals surface area contributed by atoms with E-state index in [1.54, 1.807) is 11.8 Å². The summed E-state index contributed by atoms with van der Waals surface area (Å²) in [5, 5.41) is 0. The monoisotopic (exact) mass is 370 g/mol. The third kappa shape index (κ3) is 6.59. The lowest BCUT2D eigenvalue weighted by Gasteiger charge is -2.22. The summed E-state index contributed by atoms with van der Waals surface area (Å²) in [4.78, 5) is 26.4. The van der Waals surface area contributed by atoms with Gasteiger partial charge in [-0.05, 0) is 49.7 Å². The lowest BCUT2D eigenvalue weighted by Crippen LogP contribution is -2.34. The second-order valence-corrected chi connectivity index (χ2v) is 6.55. The minimum Gasteiger partial charge on any atom is -0.466 e. The Morgan fingerprint density at radius 3 is 2.30 bits per heavy atom. The summed E-state index contributed by atoms with van der Waals surface area (Å²) in [5.41, 5.74) is 1.66. The van der Waals surface area contributed by atoms with E-state index in [1.165, 1.54) is 0 Å². The zero-order chi connectivity index (χ0) is 19.5. The van der Waals surface area contributed by atoms with Crippen molar-refractivity contribution in [1.29, 1.82) is 0 Å². The fourth-order valence-electron chi connectivity index (χ4n) is 2.97. The van der Waals surface area contributed by atoms with Gasteiger partial charge in [0.25, 0.3) is 5.91 Å². The van der Waals surface area contributed by atoms with Crippen molar-refractivity contribution in [3.8, 4) is 5.69 Å². The molecule has 0 radical (unpaired) electrons. The van der Waals surface area contributed by atoms with Gasteiger partial charge < -0.3 is 14.2 Å². The van der Waals surface area contributed by atoms with Crippen molar-refractivity contribution in [2.45, 2.75) is 46.0 Å². The Hall–Kier alpha value is -2.56. The first-order valence-corrected chi connectivity index (χ1v) is 9.84. The molecule has 0 fully saturated rings. The van der Waals surface area contributed by atoms with Gasteiger partial charge in [0.1, 0.15) is 0 Å². The largest absolute Gasteiger partial charge is 0.466 e. The number of hydrogen-bond donors (Lipinski definition) is 0. The van der Waals surface area contributed by atoms with Crippen LogP contribution in [0.25, 0.3) is 5.69 Å². The fourth-order valence-corrected chi connectivity index (χ4v) is 2.97. The van der Waals surface area contributed by atoms with Crippen LogP contribution in [0, 0.1) is 0 Å². The molecule has 1 heterocycles. The number of nitrogens with zero attached hydrogens (tertiary/aromatic N) is 2.